The van der Waals surface area contributed by atoms with Crippen molar-refractivity contribution in [1.82, 2.24) is 4.98 Å². The van der Waals surface area contributed by atoms with E-state index in [2.05, 4.69) is 4.98 Å². The van der Waals surface area contributed by atoms with Crippen LogP contribution in [-0.4, -0.2) is 25.6 Å². The van der Waals surface area contributed by atoms with Gasteiger partial charge in [0.25, 0.3) is 10.0 Å². The van der Waals surface area contributed by atoms with E-state index in [0.717, 1.165) is 11.1 Å². The molecule has 7 heteroatoms. The number of rotatable bonds is 6. The number of sulfonamides is 1. The number of anilines is 2. The topological polar surface area (TPSA) is 79.7 Å². The first-order valence-corrected chi connectivity index (χ1v) is 12.3. The number of pyridine rings is 1. The molecule has 5 rings (SSSR count). The Balaban J connectivity index is 1.73. The molecule has 1 N–H and O–H groups in total. The first-order chi connectivity index (χ1) is 17.0. The van der Waals surface area contributed by atoms with Crippen LogP contribution in [0.1, 0.15) is 0 Å². The average molecular weight is 483 g/mol. The molecular formula is C28H22N2O4S. The second-order valence-electron chi connectivity index (χ2n) is 7.89. The molecule has 0 aliphatic rings. The summed E-state index contributed by atoms with van der Waals surface area (Å²) in [6, 6.07) is 29.6. The van der Waals surface area contributed by atoms with Crippen LogP contribution in [0.15, 0.2) is 114 Å². The van der Waals surface area contributed by atoms with Crippen LogP contribution >= 0.6 is 0 Å². The number of methoxy groups -OCH3 is 1. The number of para-hydroxylation sites is 1. The number of phenols is 1. The number of aromatic hydroxyl groups is 1. The average Bonchev–Trinajstić information content (AvgIpc) is 2.90. The van der Waals surface area contributed by atoms with Gasteiger partial charge < -0.3 is 9.84 Å². The Morgan fingerprint density at radius 2 is 1.49 bits per heavy atom. The van der Waals surface area contributed by atoms with E-state index < -0.39 is 10.0 Å². The van der Waals surface area contributed by atoms with Crippen molar-refractivity contribution in [1.29, 1.82) is 0 Å². The van der Waals surface area contributed by atoms with Crippen molar-refractivity contribution >= 4 is 32.3 Å². The summed E-state index contributed by atoms with van der Waals surface area (Å²) >= 11 is 0. The van der Waals surface area contributed by atoms with Crippen LogP contribution in [0.25, 0.3) is 22.0 Å². The van der Waals surface area contributed by atoms with Crippen LogP contribution in [0.5, 0.6) is 11.5 Å². The van der Waals surface area contributed by atoms with Crippen LogP contribution in [0.2, 0.25) is 0 Å². The van der Waals surface area contributed by atoms with E-state index >= 15 is 0 Å². The van der Waals surface area contributed by atoms with Crippen molar-refractivity contribution in [3.8, 4) is 22.6 Å². The quantitative estimate of drug-likeness (QED) is 0.314. The molecule has 0 radical (unpaired) electrons. The van der Waals surface area contributed by atoms with Crippen molar-refractivity contribution in [3.63, 3.8) is 0 Å². The van der Waals surface area contributed by atoms with Crippen molar-refractivity contribution in [2.45, 2.75) is 4.90 Å². The number of hydrogen-bond acceptors (Lipinski definition) is 5. The van der Waals surface area contributed by atoms with Gasteiger partial charge in [0.1, 0.15) is 11.5 Å². The van der Waals surface area contributed by atoms with E-state index in [1.54, 1.807) is 60.8 Å². The van der Waals surface area contributed by atoms with E-state index in [9.17, 15) is 13.5 Å². The molecule has 0 amide bonds. The van der Waals surface area contributed by atoms with Gasteiger partial charge in [0, 0.05) is 11.6 Å². The van der Waals surface area contributed by atoms with Crippen LogP contribution < -0.4 is 9.04 Å². The summed E-state index contributed by atoms with van der Waals surface area (Å²) in [5.41, 5.74) is 3.42. The highest BCUT2D eigenvalue weighted by atomic mass is 32.2. The Kier molecular flexibility index (Phi) is 5.84. The smallest absolute Gasteiger partial charge is 0.268 e. The minimum atomic E-state index is -3.99. The number of phenolic OH excluding ortho intramolecular Hbond substituents is 1. The van der Waals surface area contributed by atoms with Crippen LogP contribution in [0.4, 0.5) is 11.4 Å². The molecule has 0 saturated carbocycles. The zero-order chi connectivity index (χ0) is 24.4. The molecule has 0 bridgehead atoms. The van der Waals surface area contributed by atoms with Gasteiger partial charge >= 0.3 is 0 Å². The van der Waals surface area contributed by atoms with Crippen LogP contribution in [0.3, 0.4) is 0 Å². The minimum absolute atomic E-state index is 0.141. The predicted molar refractivity (Wildman–Crippen MR) is 138 cm³/mol. The molecule has 6 nitrogen and oxygen atoms in total. The highest BCUT2D eigenvalue weighted by molar-refractivity contribution is 7.93. The largest absolute Gasteiger partial charge is 0.508 e. The zero-order valence-electron chi connectivity index (χ0n) is 18.9. The highest BCUT2D eigenvalue weighted by Gasteiger charge is 2.28. The SMILES string of the molecule is COc1ccc(S(=O)(=O)N(c2ccccc2)c2ccnc3ccc(-c4ccc(O)cc4)cc23)cc1. The molecule has 0 spiro atoms. The molecule has 0 atom stereocenters. The molecule has 0 saturated heterocycles. The maximum absolute atomic E-state index is 14.0. The molecule has 0 fully saturated rings. The summed E-state index contributed by atoms with van der Waals surface area (Å²) in [6.07, 6.45) is 1.61. The number of aromatic nitrogens is 1. The van der Waals surface area contributed by atoms with Gasteiger partial charge in [-0.2, -0.15) is 0 Å². The van der Waals surface area contributed by atoms with Gasteiger partial charge in [-0.1, -0.05) is 36.4 Å². The summed E-state index contributed by atoms with van der Waals surface area (Å²) in [5, 5.41) is 10.3. The number of hydrogen-bond donors (Lipinski definition) is 1. The molecular weight excluding hydrogens is 460 g/mol. The zero-order valence-corrected chi connectivity index (χ0v) is 19.7. The summed E-state index contributed by atoms with van der Waals surface area (Å²) < 4.78 is 34.6. The van der Waals surface area contributed by atoms with Crippen LogP contribution in [-0.2, 0) is 10.0 Å². The van der Waals surface area contributed by atoms with Crippen molar-refractivity contribution in [2.75, 3.05) is 11.4 Å². The molecule has 0 aliphatic heterocycles. The molecule has 1 aromatic heterocycles. The fourth-order valence-corrected chi connectivity index (χ4v) is 5.47. The Morgan fingerprint density at radius 1 is 0.800 bits per heavy atom. The second kappa shape index (κ2) is 9.12. The van der Waals surface area contributed by atoms with Gasteiger partial charge in [0.2, 0.25) is 0 Å². The van der Waals surface area contributed by atoms with Gasteiger partial charge in [0.05, 0.1) is 28.9 Å². The summed E-state index contributed by atoms with van der Waals surface area (Å²) in [6.45, 7) is 0. The Labute approximate surface area is 203 Å². The van der Waals surface area contributed by atoms with Crippen molar-refractivity contribution in [3.05, 3.63) is 109 Å². The lowest BCUT2D eigenvalue weighted by Crippen LogP contribution is -2.26. The van der Waals surface area contributed by atoms with E-state index in [-0.39, 0.29) is 10.6 Å². The molecule has 174 valence electrons. The standard InChI is InChI=1S/C28H22N2O4S/c1-34-24-12-14-25(15-13-24)35(32,33)30(22-5-3-2-4-6-22)28-17-18-29-27-16-9-21(19-26(27)28)20-7-10-23(31)11-8-20/h2-19,31H,1H3. The van der Waals surface area contributed by atoms with Gasteiger partial charge in [-0.05, 0) is 77.9 Å². The Hall–Kier alpha value is -4.36. The van der Waals surface area contributed by atoms with Gasteiger partial charge in [-0.15, -0.1) is 0 Å². The molecule has 5 aromatic rings. The lowest BCUT2D eigenvalue weighted by Gasteiger charge is -2.26. The van der Waals surface area contributed by atoms with Crippen molar-refractivity contribution < 1.29 is 18.3 Å². The fourth-order valence-electron chi connectivity index (χ4n) is 3.97. The number of ether oxygens (including phenoxy) is 1. The Morgan fingerprint density at radius 3 is 2.17 bits per heavy atom. The fraction of sp³-hybridized carbons (Fsp3) is 0.0357. The molecule has 0 unspecified atom stereocenters. The minimum Gasteiger partial charge on any atom is -0.508 e. The van der Waals surface area contributed by atoms with E-state index in [0.29, 0.717) is 28.0 Å². The number of benzene rings is 4. The molecule has 0 aliphatic carbocycles. The lowest BCUT2D eigenvalue weighted by molar-refractivity contribution is 0.414. The summed E-state index contributed by atoms with van der Waals surface area (Å²) in [7, 11) is -2.45. The Bertz CT molecular complexity index is 1580. The molecule has 4 aromatic carbocycles. The summed E-state index contributed by atoms with van der Waals surface area (Å²) in [5.74, 6) is 0.751. The highest BCUT2D eigenvalue weighted by Crippen LogP contribution is 2.38. The first kappa shape index (κ1) is 22.4. The van der Waals surface area contributed by atoms with Gasteiger partial charge in [-0.25, -0.2) is 12.7 Å². The normalized spacial score (nSPS) is 11.3. The third kappa shape index (κ3) is 4.29. The first-order valence-electron chi connectivity index (χ1n) is 10.9. The van der Waals surface area contributed by atoms with E-state index in [1.165, 1.54) is 23.5 Å². The number of nitrogens with zero attached hydrogens (tertiary/aromatic N) is 2. The van der Waals surface area contributed by atoms with Crippen LogP contribution in [0, 0.1) is 0 Å². The molecule has 35 heavy (non-hydrogen) atoms. The second-order valence-corrected chi connectivity index (χ2v) is 9.68. The van der Waals surface area contributed by atoms with Gasteiger partial charge in [-0.3, -0.25) is 4.98 Å². The lowest BCUT2D eigenvalue weighted by atomic mass is 10.0. The maximum Gasteiger partial charge on any atom is 0.268 e. The van der Waals surface area contributed by atoms with E-state index in [1.807, 2.05) is 36.4 Å². The predicted octanol–water partition coefficient (Wildman–Crippen LogP) is 6.14. The number of fused-ring (bicyclic) bond motifs is 1. The van der Waals surface area contributed by atoms with Gasteiger partial charge in [0.15, 0.2) is 0 Å². The third-order valence-electron chi connectivity index (χ3n) is 5.73. The summed E-state index contributed by atoms with van der Waals surface area (Å²) in [4.78, 5) is 4.61. The maximum atomic E-state index is 14.0. The van der Waals surface area contributed by atoms with E-state index in [4.69, 9.17) is 4.74 Å². The monoisotopic (exact) mass is 482 g/mol. The molecule has 1 heterocycles. The van der Waals surface area contributed by atoms with Crippen molar-refractivity contribution in [2.24, 2.45) is 0 Å². The third-order valence-corrected chi connectivity index (χ3v) is 7.48.